The SMILES string of the molecule is CNC(=O)CCOc1cc(N)c(C)cc1C. The molecule has 1 aromatic carbocycles. The summed E-state index contributed by atoms with van der Waals surface area (Å²) in [7, 11) is 1.61. The van der Waals surface area contributed by atoms with Crippen LogP contribution in [0.2, 0.25) is 0 Å². The van der Waals surface area contributed by atoms with Gasteiger partial charge in [0.05, 0.1) is 13.0 Å². The Kier molecular flexibility index (Phi) is 4.17. The Morgan fingerprint density at radius 2 is 2.06 bits per heavy atom. The van der Waals surface area contributed by atoms with E-state index in [0.29, 0.717) is 18.7 Å². The fourth-order valence-corrected chi connectivity index (χ4v) is 1.38. The fourth-order valence-electron chi connectivity index (χ4n) is 1.38. The number of ether oxygens (including phenoxy) is 1. The Morgan fingerprint density at radius 3 is 2.69 bits per heavy atom. The molecule has 0 aromatic heterocycles. The minimum Gasteiger partial charge on any atom is -0.493 e. The highest BCUT2D eigenvalue weighted by Gasteiger charge is 2.04. The lowest BCUT2D eigenvalue weighted by atomic mass is 10.1. The lowest BCUT2D eigenvalue weighted by Gasteiger charge is -2.11. The van der Waals surface area contributed by atoms with E-state index in [0.717, 1.165) is 16.9 Å². The number of carbonyl (C=O) groups is 1. The summed E-state index contributed by atoms with van der Waals surface area (Å²) < 4.78 is 5.50. The standard InChI is InChI=1S/C12H18N2O2/c1-8-6-9(2)11(7-10(8)13)16-5-4-12(15)14-3/h6-7H,4-5,13H2,1-3H3,(H,14,15). The molecule has 0 unspecified atom stereocenters. The van der Waals surface area contributed by atoms with Gasteiger partial charge in [-0.1, -0.05) is 6.07 Å². The fraction of sp³-hybridized carbons (Fsp3) is 0.417. The third kappa shape index (κ3) is 3.15. The quantitative estimate of drug-likeness (QED) is 0.757. The van der Waals surface area contributed by atoms with Crippen molar-refractivity contribution in [3.63, 3.8) is 0 Å². The van der Waals surface area contributed by atoms with Crippen LogP contribution in [-0.4, -0.2) is 19.6 Å². The van der Waals surface area contributed by atoms with Gasteiger partial charge in [0.1, 0.15) is 5.75 Å². The van der Waals surface area contributed by atoms with Gasteiger partial charge < -0.3 is 15.8 Å². The number of hydrogen-bond donors (Lipinski definition) is 2. The highest BCUT2D eigenvalue weighted by atomic mass is 16.5. The number of benzene rings is 1. The first-order chi connectivity index (χ1) is 7.54. The molecule has 16 heavy (non-hydrogen) atoms. The van der Waals surface area contributed by atoms with Gasteiger partial charge in [-0.3, -0.25) is 4.79 Å². The van der Waals surface area contributed by atoms with E-state index in [2.05, 4.69) is 5.32 Å². The summed E-state index contributed by atoms with van der Waals surface area (Å²) >= 11 is 0. The van der Waals surface area contributed by atoms with Gasteiger partial charge in [0.2, 0.25) is 5.91 Å². The molecule has 0 saturated carbocycles. The van der Waals surface area contributed by atoms with Gasteiger partial charge in [-0.05, 0) is 25.0 Å². The first kappa shape index (κ1) is 12.4. The summed E-state index contributed by atoms with van der Waals surface area (Å²) in [5.74, 6) is 0.713. The Balaban J connectivity index is 2.60. The Labute approximate surface area is 95.8 Å². The molecule has 0 aliphatic carbocycles. The highest BCUT2D eigenvalue weighted by Crippen LogP contribution is 2.24. The molecule has 1 rings (SSSR count). The average molecular weight is 222 g/mol. The highest BCUT2D eigenvalue weighted by molar-refractivity contribution is 5.75. The monoisotopic (exact) mass is 222 g/mol. The molecule has 4 nitrogen and oxygen atoms in total. The van der Waals surface area contributed by atoms with Crippen LogP contribution in [0.4, 0.5) is 5.69 Å². The van der Waals surface area contributed by atoms with Gasteiger partial charge in [-0.2, -0.15) is 0 Å². The van der Waals surface area contributed by atoms with E-state index < -0.39 is 0 Å². The van der Waals surface area contributed by atoms with Crippen molar-refractivity contribution in [1.29, 1.82) is 0 Å². The van der Waals surface area contributed by atoms with E-state index in [1.807, 2.05) is 19.9 Å². The molecular weight excluding hydrogens is 204 g/mol. The van der Waals surface area contributed by atoms with Crippen LogP contribution in [0, 0.1) is 13.8 Å². The lowest BCUT2D eigenvalue weighted by Crippen LogP contribution is -2.20. The minimum atomic E-state index is -0.0299. The summed E-state index contributed by atoms with van der Waals surface area (Å²) in [4.78, 5) is 11.0. The smallest absolute Gasteiger partial charge is 0.223 e. The van der Waals surface area contributed by atoms with Crippen molar-refractivity contribution in [2.24, 2.45) is 0 Å². The molecule has 0 radical (unpaired) electrons. The Bertz CT molecular complexity index is 389. The molecule has 0 heterocycles. The van der Waals surface area contributed by atoms with Crippen LogP contribution >= 0.6 is 0 Å². The van der Waals surface area contributed by atoms with E-state index in [1.165, 1.54) is 0 Å². The zero-order valence-corrected chi connectivity index (χ0v) is 9.96. The zero-order chi connectivity index (χ0) is 12.1. The summed E-state index contributed by atoms with van der Waals surface area (Å²) in [6.07, 6.45) is 0.351. The number of hydrogen-bond acceptors (Lipinski definition) is 3. The largest absolute Gasteiger partial charge is 0.493 e. The van der Waals surface area contributed by atoms with Crippen molar-refractivity contribution >= 4 is 11.6 Å². The van der Waals surface area contributed by atoms with Crippen LogP contribution in [0.5, 0.6) is 5.75 Å². The van der Waals surface area contributed by atoms with Gasteiger partial charge in [-0.15, -0.1) is 0 Å². The lowest BCUT2D eigenvalue weighted by molar-refractivity contribution is -0.121. The molecule has 0 atom stereocenters. The normalized spacial score (nSPS) is 9.94. The van der Waals surface area contributed by atoms with Crippen molar-refractivity contribution in [3.8, 4) is 5.75 Å². The molecule has 0 aliphatic rings. The number of nitrogens with two attached hydrogens (primary N) is 1. The Hall–Kier alpha value is -1.71. The van der Waals surface area contributed by atoms with Crippen LogP contribution in [-0.2, 0) is 4.79 Å². The maximum atomic E-state index is 11.0. The van der Waals surface area contributed by atoms with Crippen LogP contribution < -0.4 is 15.8 Å². The molecule has 0 fully saturated rings. The molecule has 88 valence electrons. The predicted molar refractivity (Wildman–Crippen MR) is 64.5 cm³/mol. The van der Waals surface area contributed by atoms with E-state index >= 15 is 0 Å². The number of nitrogens with one attached hydrogen (secondary N) is 1. The molecule has 3 N–H and O–H groups in total. The van der Waals surface area contributed by atoms with Gasteiger partial charge in [0.25, 0.3) is 0 Å². The molecule has 1 aromatic rings. The number of rotatable bonds is 4. The van der Waals surface area contributed by atoms with Gasteiger partial charge in [0, 0.05) is 18.8 Å². The molecule has 1 amide bonds. The molecule has 0 saturated heterocycles. The number of nitrogen functional groups attached to an aromatic ring is 1. The second-order valence-electron chi connectivity index (χ2n) is 3.75. The van der Waals surface area contributed by atoms with Crippen molar-refractivity contribution in [1.82, 2.24) is 5.32 Å². The number of carbonyl (C=O) groups excluding carboxylic acids is 1. The summed E-state index contributed by atoms with van der Waals surface area (Å²) in [5.41, 5.74) is 8.57. The van der Waals surface area contributed by atoms with Crippen molar-refractivity contribution < 1.29 is 9.53 Å². The minimum absolute atomic E-state index is 0.0299. The first-order valence-electron chi connectivity index (χ1n) is 5.24. The van der Waals surface area contributed by atoms with Gasteiger partial charge in [-0.25, -0.2) is 0 Å². The van der Waals surface area contributed by atoms with Crippen molar-refractivity contribution in [2.45, 2.75) is 20.3 Å². The van der Waals surface area contributed by atoms with E-state index in [9.17, 15) is 4.79 Å². The van der Waals surface area contributed by atoms with Gasteiger partial charge >= 0.3 is 0 Å². The molecule has 0 bridgehead atoms. The third-order valence-corrected chi connectivity index (χ3v) is 2.43. The Morgan fingerprint density at radius 1 is 1.38 bits per heavy atom. The van der Waals surface area contributed by atoms with E-state index in [4.69, 9.17) is 10.5 Å². The third-order valence-electron chi connectivity index (χ3n) is 2.43. The number of amides is 1. The summed E-state index contributed by atoms with van der Waals surface area (Å²) in [5, 5.41) is 2.54. The topological polar surface area (TPSA) is 64.3 Å². The van der Waals surface area contributed by atoms with Crippen LogP contribution in [0.1, 0.15) is 17.5 Å². The molecule has 4 heteroatoms. The first-order valence-corrected chi connectivity index (χ1v) is 5.24. The predicted octanol–water partition coefficient (Wildman–Crippen LogP) is 1.40. The second-order valence-corrected chi connectivity index (χ2v) is 3.75. The maximum absolute atomic E-state index is 11.0. The maximum Gasteiger partial charge on any atom is 0.223 e. The van der Waals surface area contributed by atoms with Gasteiger partial charge in [0.15, 0.2) is 0 Å². The van der Waals surface area contributed by atoms with Crippen LogP contribution in [0.3, 0.4) is 0 Å². The average Bonchev–Trinajstić information content (AvgIpc) is 2.25. The van der Waals surface area contributed by atoms with Crippen molar-refractivity contribution in [2.75, 3.05) is 19.4 Å². The number of anilines is 1. The molecule has 0 aliphatic heterocycles. The second kappa shape index (κ2) is 5.39. The van der Waals surface area contributed by atoms with E-state index in [1.54, 1.807) is 13.1 Å². The van der Waals surface area contributed by atoms with Crippen molar-refractivity contribution in [3.05, 3.63) is 23.3 Å². The van der Waals surface area contributed by atoms with Crippen LogP contribution in [0.25, 0.3) is 0 Å². The van der Waals surface area contributed by atoms with E-state index in [-0.39, 0.29) is 5.91 Å². The summed E-state index contributed by atoms with van der Waals surface area (Å²) in [6.45, 7) is 4.28. The van der Waals surface area contributed by atoms with Crippen LogP contribution in [0.15, 0.2) is 12.1 Å². The zero-order valence-electron chi connectivity index (χ0n) is 9.96. The molecule has 0 spiro atoms. The summed E-state index contributed by atoms with van der Waals surface area (Å²) in [6, 6.07) is 3.78. The molecular formula is C12H18N2O2. The number of aryl methyl sites for hydroxylation is 2.